The van der Waals surface area contributed by atoms with E-state index in [1.54, 1.807) is 13.0 Å². The zero-order valence-corrected chi connectivity index (χ0v) is 18.4. The van der Waals surface area contributed by atoms with Gasteiger partial charge in [-0.25, -0.2) is 8.42 Å². The lowest BCUT2D eigenvalue weighted by Crippen LogP contribution is -2.35. The van der Waals surface area contributed by atoms with Crippen LogP contribution < -0.4 is 10.6 Å². The molecule has 2 aromatic rings. The van der Waals surface area contributed by atoms with E-state index in [1.807, 2.05) is 6.92 Å². The van der Waals surface area contributed by atoms with Gasteiger partial charge in [0.25, 0.3) is 11.6 Å². The van der Waals surface area contributed by atoms with E-state index < -0.39 is 20.9 Å². The lowest BCUT2D eigenvalue weighted by molar-refractivity contribution is -0.384. The van der Waals surface area contributed by atoms with Gasteiger partial charge in [0.2, 0.25) is 10.0 Å². The molecule has 0 radical (unpaired) electrons. The molecule has 0 atom stereocenters. The van der Waals surface area contributed by atoms with Crippen LogP contribution in [-0.4, -0.2) is 43.2 Å². The number of nitrogens with one attached hydrogen (secondary N) is 2. The van der Waals surface area contributed by atoms with E-state index in [0.717, 1.165) is 19.3 Å². The zero-order chi connectivity index (χ0) is 22.6. The van der Waals surface area contributed by atoms with Gasteiger partial charge in [0.05, 0.1) is 9.82 Å². The fourth-order valence-corrected chi connectivity index (χ4v) is 5.05. The van der Waals surface area contributed by atoms with E-state index in [2.05, 4.69) is 10.6 Å². The lowest BCUT2D eigenvalue weighted by Gasteiger charge is -2.26. The minimum atomic E-state index is -3.65. The number of rotatable bonds is 7. The van der Waals surface area contributed by atoms with E-state index in [0.29, 0.717) is 36.6 Å². The molecule has 10 heteroatoms. The lowest BCUT2D eigenvalue weighted by atomic mass is 10.1. The molecular formula is C21H26N4O5S. The van der Waals surface area contributed by atoms with E-state index in [1.165, 1.54) is 34.6 Å². The van der Waals surface area contributed by atoms with Crippen molar-refractivity contribution in [3.8, 4) is 0 Å². The third-order valence-corrected chi connectivity index (χ3v) is 7.13. The van der Waals surface area contributed by atoms with Crippen molar-refractivity contribution in [3.05, 3.63) is 57.6 Å². The quantitative estimate of drug-likeness (QED) is 0.493. The number of sulfonamides is 1. The summed E-state index contributed by atoms with van der Waals surface area (Å²) in [6.07, 6.45) is 2.67. The van der Waals surface area contributed by atoms with E-state index in [9.17, 15) is 23.3 Å². The average molecular weight is 447 g/mol. The Morgan fingerprint density at radius 2 is 1.81 bits per heavy atom. The summed E-state index contributed by atoms with van der Waals surface area (Å²) in [6, 6.07) is 8.80. The number of hydrogen-bond acceptors (Lipinski definition) is 6. The molecule has 1 aliphatic rings. The number of piperidine rings is 1. The normalized spacial score (nSPS) is 14.8. The van der Waals surface area contributed by atoms with Gasteiger partial charge in [0, 0.05) is 37.0 Å². The third-order valence-electron chi connectivity index (χ3n) is 5.23. The number of nitrogens with zero attached hydrogens (tertiary/aromatic N) is 2. The van der Waals surface area contributed by atoms with Gasteiger partial charge >= 0.3 is 0 Å². The molecule has 1 aliphatic heterocycles. The maximum Gasteiger partial charge on any atom is 0.293 e. The Balaban J connectivity index is 1.87. The van der Waals surface area contributed by atoms with Crippen LogP contribution >= 0.6 is 0 Å². The van der Waals surface area contributed by atoms with Gasteiger partial charge in [-0.15, -0.1) is 0 Å². The molecule has 0 bridgehead atoms. The SMILES string of the molecule is CCNc1ccc(C(=O)Nc2cc(S(=O)(=O)N3CCCCC3)ccc2C)cc1[N+](=O)[O-]. The summed E-state index contributed by atoms with van der Waals surface area (Å²) in [5, 5.41) is 16.9. The van der Waals surface area contributed by atoms with Crippen molar-refractivity contribution >= 4 is 33.0 Å². The van der Waals surface area contributed by atoms with Crippen molar-refractivity contribution in [1.29, 1.82) is 0 Å². The van der Waals surface area contributed by atoms with Crippen LogP contribution in [0.2, 0.25) is 0 Å². The molecule has 1 heterocycles. The molecule has 0 aliphatic carbocycles. The van der Waals surface area contributed by atoms with Crippen LogP contribution in [0.5, 0.6) is 0 Å². The Bertz CT molecular complexity index is 1090. The highest BCUT2D eigenvalue weighted by Crippen LogP contribution is 2.28. The fraction of sp³-hybridized carbons (Fsp3) is 0.381. The molecule has 0 aromatic heterocycles. The number of carbonyl (C=O) groups is 1. The number of aryl methyl sites for hydroxylation is 1. The summed E-state index contributed by atoms with van der Waals surface area (Å²) >= 11 is 0. The van der Waals surface area contributed by atoms with Gasteiger partial charge in [-0.2, -0.15) is 4.31 Å². The zero-order valence-electron chi connectivity index (χ0n) is 17.6. The monoisotopic (exact) mass is 446 g/mol. The second-order valence-electron chi connectivity index (χ2n) is 7.41. The number of hydrogen-bond donors (Lipinski definition) is 2. The number of nitro benzene ring substituents is 1. The summed E-state index contributed by atoms with van der Waals surface area (Å²) in [4.78, 5) is 23.7. The van der Waals surface area contributed by atoms with Gasteiger partial charge in [0.1, 0.15) is 5.69 Å². The van der Waals surface area contributed by atoms with Gasteiger partial charge in [-0.3, -0.25) is 14.9 Å². The van der Waals surface area contributed by atoms with Gasteiger partial charge in [-0.05, 0) is 56.5 Å². The maximum absolute atomic E-state index is 13.0. The molecule has 166 valence electrons. The summed E-state index contributed by atoms with van der Waals surface area (Å²) in [6.45, 7) is 5.05. The molecule has 9 nitrogen and oxygen atoms in total. The van der Waals surface area contributed by atoms with Crippen molar-refractivity contribution in [2.75, 3.05) is 30.3 Å². The summed E-state index contributed by atoms with van der Waals surface area (Å²) in [5.41, 5.74) is 1.27. The molecule has 1 saturated heterocycles. The number of anilines is 2. The van der Waals surface area contributed by atoms with E-state index in [4.69, 9.17) is 0 Å². The van der Waals surface area contributed by atoms with E-state index in [-0.39, 0.29) is 16.1 Å². The molecule has 0 saturated carbocycles. The van der Waals surface area contributed by atoms with Crippen molar-refractivity contribution in [2.45, 2.75) is 38.0 Å². The summed E-state index contributed by atoms with van der Waals surface area (Å²) in [7, 11) is -3.65. The van der Waals surface area contributed by atoms with Crippen LogP contribution in [0.1, 0.15) is 42.1 Å². The van der Waals surface area contributed by atoms with Crippen molar-refractivity contribution < 1.29 is 18.1 Å². The number of benzene rings is 2. The number of carbonyl (C=O) groups excluding carboxylic acids is 1. The van der Waals surface area contributed by atoms with Gasteiger partial charge < -0.3 is 10.6 Å². The second-order valence-corrected chi connectivity index (χ2v) is 9.35. The fourth-order valence-electron chi connectivity index (χ4n) is 3.51. The molecule has 31 heavy (non-hydrogen) atoms. The topological polar surface area (TPSA) is 122 Å². The van der Waals surface area contributed by atoms with Crippen LogP contribution in [0.15, 0.2) is 41.3 Å². The van der Waals surface area contributed by atoms with Crippen LogP contribution in [0.4, 0.5) is 17.1 Å². The molecular weight excluding hydrogens is 420 g/mol. The molecule has 0 unspecified atom stereocenters. The third kappa shape index (κ3) is 5.02. The Kier molecular flexibility index (Phi) is 6.91. The van der Waals surface area contributed by atoms with Crippen LogP contribution in [-0.2, 0) is 10.0 Å². The van der Waals surface area contributed by atoms with Crippen LogP contribution in [0.25, 0.3) is 0 Å². The Hall–Kier alpha value is -2.98. The predicted octanol–water partition coefficient (Wildman–Crippen LogP) is 3.76. The van der Waals surface area contributed by atoms with Crippen LogP contribution in [0.3, 0.4) is 0 Å². The first kappa shape index (κ1) is 22.7. The van der Waals surface area contributed by atoms with Crippen molar-refractivity contribution in [3.63, 3.8) is 0 Å². The highest BCUT2D eigenvalue weighted by Gasteiger charge is 2.26. The molecule has 1 amide bonds. The molecule has 2 N–H and O–H groups in total. The van der Waals surface area contributed by atoms with E-state index >= 15 is 0 Å². The summed E-state index contributed by atoms with van der Waals surface area (Å²) in [5.74, 6) is -0.554. The highest BCUT2D eigenvalue weighted by molar-refractivity contribution is 7.89. The highest BCUT2D eigenvalue weighted by atomic mass is 32.2. The Labute approximate surface area is 181 Å². The van der Waals surface area contributed by atoms with Gasteiger partial charge in [-0.1, -0.05) is 12.5 Å². The number of amides is 1. The Morgan fingerprint density at radius 3 is 2.45 bits per heavy atom. The Morgan fingerprint density at radius 1 is 1.10 bits per heavy atom. The molecule has 0 spiro atoms. The first-order valence-electron chi connectivity index (χ1n) is 10.2. The first-order valence-corrected chi connectivity index (χ1v) is 11.6. The largest absolute Gasteiger partial charge is 0.380 e. The maximum atomic E-state index is 13.0. The van der Waals surface area contributed by atoms with Gasteiger partial charge in [0.15, 0.2) is 0 Å². The molecule has 3 rings (SSSR count). The average Bonchev–Trinajstić information content (AvgIpc) is 2.76. The molecule has 2 aromatic carbocycles. The minimum Gasteiger partial charge on any atom is -0.380 e. The minimum absolute atomic E-state index is 0.108. The predicted molar refractivity (Wildman–Crippen MR) is 119 cm³/mol. The van der Waals surface area contributed by atoms with Crippen molar-refractivity contribution in [2.24, 2.45) is 0 Å². The first-order chi connectivity index (χ1) is 14.7. The smallest absolute Gasteiger partial charge is 0.293 e. The van der Waals surface area contributed by atoms with Crippen LogP contribution in [0, 0.1) is 17.0 Å². The summed E-state index contributed by atoms with van der Waals surface area (Å²) < 4.78 is 27.4. The second kappa shape index (κ2) is 9.44. The number of nitro groups is 1. The standard InChI is InChI=1S/C21H26N4O5S/c1-3-22-18-10-8-16(13-20(18)25(27)28)21(26)23-19-14-17(9-7-15(19)2)31(29,30)24-11-5-4-6-12-24/h7-10,13-14,22H,3-6,11-12H2,1-2H3,(H,23,26). The molecule has 1 fully saturated rings. The van der Waals surface area contributed by atoms with Crippen molar-refractivity contribution in [1.82, 2.24) is 4.31 Å².